The lowest BCUT2D eigenvalue weighted by molar-refractivity contribution is 1.18. The van der Waals surface area contributed by atoms with Gasteiger partial charge in [0.25, 0.3) is 0 Å². The molecule has 0 saturated heterocycles. The van der Waals surface area contributed by atoms with E-state index in [4.69, 9.17) is 5.73 Å². The highest BCUT2D eigenvalue weighted by Crippen LogP contribution is 2.21. The lowest BCUT2D eigenvalue weighted by Gasteiger charge is -2.09. The Hall–Kier alpha value is -2.88. The Morgan fingerprint density at radius 2 is 1.71 bits per heavy atom. The molecule has 4 nitrogen and oxygen atoms in total. The second kappa shape index (κ2) is 5.63. The smallest absolute Gasteiger partial charge is 0.163 e. The summed E-state index contributed by atoms with van der Waals surface area (Å²) in [5.41, 5.74) is 9.00. The summed E-state index contributed by atoms with van der Waals surface area (Å²) in [5.74, 6) is 1.75. The Kier molecular flexibility index (Phi) is 3.51. The minimum Gasteiger partial charge on any atom is -0.384 e. The van der Waals surface area contributed by atoms with E-state index in [-0.39, 0.29) is 0 Å². The number of rotatable bonds is 3. The molecule has 0 saturated carbocycles. The predicted molar refractivity (Wildman–Crippen MR) is 86.3 cm³/mol. The van der Waals surface area contributed by atoms with Gasteiger partial charge >= 0.3 is 0 Å². The van der Waals surface area contributed by atoms with Gasteiger partial charge in [0.1, 0.15) is 11.6 Å². The van der Waals surface area contributed by atoms with Gasteiger partial charge in [-0.2, -0.15) is 0 Å². The molecule has 2 aromatic carbocycles. The molecule has 0 aliphatic heterocycles. The lowest BCUT2D eigenvalue weighted by atomic mass is 10.2. The van der Waals surface area contributed by atoms with Gasteiger partial charge in [0.05, 0.1) is 0 Å². The third-order valence-electron chi connectivity index (χ3n) is 3.07. The van der Waals surface area contributed by atoms with Crippen molar-refractivity contribution in [2.45, 2.75) is 6.92 Å². The minimum atomic E-state index is 0.444. The van der Waals surface area contributed by atoms with E-state index in [1.165, 1.54) is 5.56 Å². The zero-order valence-electron chi connectivity index (χ0n) is 11.7. The summed E-state index contributed by atoms with van der Waals surface area (Å²) in [6.45, 7) is 2.05. The molecule has 3 rings (SSSR count). The van der Waals surface area contributed by atoms with Gasteiger partial charge in [-0.1, -0.05) is 42.5 Å². The molecule has 0 aliphatic rings. The predicted octanol–water partition coefficient (Wildman–Crippen LogP) is 3.78. The molecule has 104 valence electrons. The molecule has 0 unspecified atom stereocenters. The number of benzene rings is 2. The molecule has 21 heavy (non-hydrogen) atoms. The molecule has 0 amide bonds. The fourth-order valence-corrected chi connectivity index (χ4v) is 2.12. The van der Waals surface area contributed by atoms with Gasteiger partial charge in [-0.3, -0.25) is 0 Å². The number of hydrogen-bond donors (Lipinski definition) is 2. The van der Waals surface area contributed by atoms with Gasteiger partial charge in [0.2, 0.25) is 0 Å². The summed E-state index contributed by atoms with van der Waals surface area (Å²) in [7, 11) is 0. The Labute approximate surface area is 123 Å². The number of anilines is 3. The first kappa shape index (κ1) is 13.1. The highest BCUT2D eigenvalue weighted by Gasteiger charge is 2.05. The van der Waals surface area contributed by atoms with Crippen LogP contribution in [0.1, 0.15) is 5.56 Å². The number of nitrogens with zero attached hydrogens (tertiary/aromatic N) is 2. The van der Waals surface area contributed by atoms with Crippen LogP contribution in [0.3, 0.4) is 0 Å². The zero-order valence-corrected chi connectivity index (χ0v) is 11.7. The molecule has 3 aromatic rings. The van der Waals surface area contributed by atoms with Crippen LogP contribution in [0.2, 0.25) is 0 Å². The third kappa shape index (κ3) is 3.17. The van der Waals surface area contributed by atoms with E-state index in [0.717, 1.165) is 11.3 Å². The van der Waals surface area contributed by atoms with E-state index >= 15 is 0 Å². The molecule has 4 heteroatoms. The number of nitrogen functional groups attached to an aromatic ring is 1. The number of nitrogens with two attached hydrogens (primary N) is 1. The largest absolute Gasteiger partial charge is 0.384 e. The summed E-state index contributed by atoms with van der Waals surface area (Å²) in [5, 5.41) is 3.26. The average molecular weight is 276 g/mol. The van der Waals surface area contributed by atoms with E-state index in [1.54, 1.807) is 6.07 Å². The average Bonchev–Trinajstić information content (AvgIpc) is 2.47. The number of nitrogens with one attached hydrogen (secondary N) is 1. The molecule has 0 spiro atoms. The maximum absolute atomic E-state index is 5.89. The highest BCUT2D eigenvalue weighted by atomic mass is 15.0. The van der Waals surface area contributed by atoms with E-state index in [2.05, 4.69) is 34.3 Å². The van der Waals surface area contributed by atoms with E-state index in [0.29, 0.717) is 17.5 Å². The van der Waals surface area contributed by atoms with Gasteiger partial charge in [-0.25, -0.2) is 9.97 Å². The van der Waals surface area contributed by atoms with Crippen molar-refractivity contribution < 1.29 is 0 Å². The Morgan fingerprint density at radius 3 is 2.48 bits per heavy atom. The van der Waals surface area contributed by atoms with Gasteiger partial charge in [0, 0.05) is 17.3 Å². The van der Waals surface area contributed by atoms with Crippen LogP contribution in [0.5, 0.6) is 0 Å². The first-order valence-corrected chi connectivity index (χ1v) is 6.74. The number of hydrogen-bond acceptors (Lipinski definition) is 4. The van der Waals surface area contributed by atoms with Gasteiger partial charge < -0.3 is 11.1 Å². The zero-order chi connectivity index (χ0) is 14.7. The van der Waals surface area contributed by atoms with Crippen molar-refractivity contribution in [3.05, 3.63) is 66.2 Å². The molecule has 0 bridgehead atoms. The quantitative estimate of drug-likeness (QED) is 0.764. The normalized spacial score (nSPS) is 10.3. The summed E-state index contributed by atoms with van der Waals surface area (Å²) >= 11 is 0. The fraction of sp³-hybridized carbons (Fsp3) is 0.0588. The van der Waals surface area contributed by atoms with Crippen LogP contribution in [-0.4, -0.2) is 9.97 Å². The molecule has 0 atom stereocenters. The summed E-state index contributed by atoms with van der Waals surface area (Å²) < 4.78 is 0. The second-order valence-electron chi connectivity index (χ2n) is 4.86. The number of aromatic nitrogens is 2. The van der Waals surface area contributed by atoms with Crippen LogP contribution in [0, 0.1) is 6.92 Å². The molecule has 0 aliphatic carbocycles. The van der Waals surface area contributed by atoms with Crippen molar-refractivity contribution >= 4 is 17.3 Å². The van der Waals surface area contributed by atoms with Crippen molar-refractivity contribution in [2.75, 3.05) is 11.1 Å². The van der Waals surface area contributed by atoms with Gasteiger partial charge in [0.15, 0.2) is 5.82 Å². The summed E-state index contributed by atoms with van der Waals surface area (Å²) in [6.07, 6.45) is 0. The van der Waals surface area contributed by atoms with Crippen molar-refractivity contribution in [2.24, 2.45) is 0 Å². The molecular weight excluding hydrogens is 260 g/mol. The van der Waals surface area contributed by atoms with Crippen molar-refractivity contribution in [3.63, 3.8) is 0 Å². The second-order valence-corrected chi connectivity index (χ2v) is 4.86. The lowest BCUT2D eigenvalue weighted by Crippen LogP contribution is -2.01. The highest BCUT2D eigenvalue weighted by molar-refractivity contribution is 5.64. The standard InChI is InChI=1S/C17H16N4/c1-12-6-5-9-14(10-12)19-16-11-15(18)20-17(21-16)13-7-3-2-4-8-13/h2-11H,1H3,(H3,18,19,20,21). The van der Waals surface area contributed by atoms with Crippen LogP contribution in [0.25, 0.3) is 11.4 Å². The number of aryl methyl sites for hydroxylation is 1. The van der Waals surface area contributed by atoms with Crippen LogP contribution < -0.4 is 11.1 Å². The molecule has 1 heterocycles. The third-order valence-corrected chi connectivity index (χ3v) is 3.07. The topological polar surface area (TPSA) is 63.8 Å². The monoisotopic (exact) mass is 276 g/mol. The molecular formula is C17H16N4. The van der Waals surface area contributed by atoms with Crippen LogP contribution >= 0.6 is 0 Å². The van der Waals surface area contributed by atoms with E-state index in [9.17, 15) is 0 Å². The van der Waals surface area contributed by atoms with Crippen molar-refractivity contribution in [1.29, 1.82) is 0 Å². The molecule has 0 radical (unpaired) electrons. The SMILES string of the molecule is Cc1cccc(Nc2cc(N)nc(-c3ccccc3)n2)c1. The minimum absolute atomic E-state index is 0.444. The fourth-order valence-electron chi connectivity index (χ4n) is 2.12. The summed E-state index contributed by atoms with van der Waals surface area (Å²) in [4.78, 5) is 8.82. The summed E-state index contributed by atoms with van der Waals surface area (Å²) in [6, 6.07) is 19.6. The maximum atomic E-state index is 5.89. The molecule has 3 N–H and O–H groups in total. The van der Waals surface area contributed by atoms with Crippen LogP contribution in [0.4, 0.5) is 17.3 Å². The maximum Gasteiger partial charge on any atom is 0.163 e. The van der Waals surface area contributed by atoms with Crippen LogP contribution in [-0.2, 0) is 0 Å². The Bertz CT molecular complexity index is 754. The molecule has 0 fully saturated rings. The van der Waals surface area contributed by atoms with Crippen molar-refractivity contribution in [1.82, 2.24) is 9.97 Å². The Morgan fingerprint density at radius 1 is 0.905 bits per heavy atom. The first-order valence-electron chi connectivity index (χ1n) is 6.74. The van der Waals surface area contributed by atoms with E-state index in [1.807, 2.05) is 42.5 Å². The Balaban J connectivity index is 1.95. The molecule has 1 aromatic heterocycles. The van der Waals surface area contributed by atoms with E-state index < -0.39 is 0 Å². The first-order chi connectivity index (χ1) is 10.2. The van der Waals surface area contributed by atoms with Crippen LogP contribution in [0.15, 0.2) is 60.7 Å². The van der Waals surface area contributed by atoms with Crippen molar-refractivity contribution in [3.8, 4) is 11.4 Å². The van der Waals surface area contributed by atoms with Gasteiger partial charge in [-0.05, 0) is 24.6 Å². The van der Waals surface area contributed by atoms with Gasteiger partial charge in [-0.15, -0.1) is 0 Å².